The van der Waals surface area contributed by atoms with Crippen LogP contribution in [0.15, 0.2) is 71.8 Å². The Balaban J connectivity index is 1.15. The largest absolute Gasteiger partial charge is 0.473 e. The van der Waals surface area contributed by atoms with Crippen molar-refractivity contribution in [1.82, 2.24) is 35.2 Å². The second-order valence-electron chi connectivity index (χ2n) is 11.5. The number of rotatable bonds is 10. The number of benzene rings is 2. The molecule has 1 aliphatic heterocycles. The van der Waals surface area contributed by atoms with Crippen LogP contribution in [0, 0.1) is 12.7 Å². The molecule has 6 rings (SSSR count). The number of aryl methyl sites for hydroxylation is 1. The zero-order chi connectivity index (χ0) is 33.1. The van der Waals surface area contributed by atoms with Crippen molar-refractivity contribution in [2.24, 2.45) is 0 Å². The van der Waals surface area contributed by atoms with Gasteiger partial charge in [0.05, 0.1) is 17.3 Å². The molecule has 2 aromatic carbocycles. The SMILES string of the molecule is CN[C@@H](C)C(=O)N1CCC(Oc2n[nH]c3nccc(Oc4ccc(CC(=O)c5ccnn(-c6ccc(C)cc6)c5=O)cc4F)c23)CC1. The third kappa shape index (κ3) is 6.75. The van der Waals surface area contributed by atoms with Gasteiger partial charge in [-0.3, -0.25) is 19.5 Å². The molecule has 1 saturated heterocycles. The van der Waals surface area contributed by atoms with E-state index in [0.717, 1.165) is 5.56 Å². The van der Waals surface area contributed by atoms with Crippen molar-refractivity contribution in [1.29, 1.82) is 0 Å². The first-order valence-corrected chi connectivity index (χ1v) is 15.3. The van der Waals surface area contributed by atoms with Crippen LogP contribution in [0.3, 0.4) is 0 Å². The van der Waals surface area contributed by atoms with E-state index in [4.69, 9.17) is 9.47 Å². The van der Waals surface area contributed by atoms with Gasteiger partial charge in [-0.1, -0.05) is 23.8 Å². The second-order valence-corrected chi connectivity index (χ2v) is 11.5. The minimum Gasteiger partial charge on any atom is -0.473 e. The molecule has 0 unspecified atom stereocenters. The van der Waals surface area contributed by atoms with Gasteiger partial charge in [-0.05, 0) is 56.8 Å². The van der Waals surface area contributed by atoms with E-state index in [9.17, 15) is 14.4 Å². The summed E-state index contributed by atoms with van der Waals surface area (Å²) >= 11 is 0. The molecule has 1 fully saturated rings. The average Bonchev–Trinajstić information content (AvgIpc) is 3.49. The van der Waals surface area contributed by atoms with Crippen molar-refractivity contribution in [3.8, 4) is 23.1 Å². The third-order valence-corrected chi connectivity index (χ3v) is 8.23. The van der Waals surface area contributed by atoms with Gasteiger partial charge < -0.3 is 19.7 Å². The van der Waals surface area contributed by atoms with Gasteiger partial charge in [0.15, 0.2) is 23.0 Å². The van der Waals surface area contributed by atoms with E-state index < -0.39 is 17.2 Å². The molecule has 1 amide bonds. The molecule has 47 heavy (non-hydrogen) atoms. The van der Waals surface area contributed by atoms with Gasteiger partial charge >= 0.3 is 0 Å². The Hall–Kier alpha value is -5.43. The molecule has 4 heterocycles. The topological polar surface area (TPSA) is 144 Å². The Kier molecular flexibility index (Phi) is 9.07. The molecule has 5 aromatic rings. The summed E-state index contributed by atoms with van der Waals surface area (Å²) in [5.74, 6) is -0.623. The average molecular weight is 640 g/mol. The van der Waals surface area contributed by atoms with Gasteiger partial charge in [0.1, 0.15) is 17.2 Å². The molecule has 12 nitrogen and oxygen atoms in total. The quantitative estimate of drug-likeness (QED) is 0.215. The highest BCUT2D eigenvalue weighted by Crippen LogP contribution is 2.36. The number of nitrogens with zero attached hydrogens (tertiary/aromatic N) is 5. The standard InChI is InChI=1S/C34H34FN7O5/c1-20-4-7-23(8-5-20)42-34(45)25(10-15-38-42)27(43)19-22-6-9-28(26(35)18-22)47-29-11-14-37-31-30(29)32(40-39-31)46-24-12-16-41(17-13-24)33(44)21(2)36-3/h4-11,14-15,18,21,24,36H,12-13,16-17,19H2,1-3H3,(H,37,39,40)/t21-/m0/s1. The van der Waals surface area contributed by atoms with Gasteiger partial charge in [0, 0.05) is 50.8 Å². The van der Waals surface area contributed by atoms with Crippen molar-refractivity contribution < 1.29 is 23.5 Å². The summed E-state index contributed by atoms with van der Waals surface area (Å²) in [6.07, 6.45) is 3.78. The minimum atomic E-state index is -0.689. The number of ether oxygens (including phenoxy) is 2. The van der Waals surface area contributed by atoms with Crippen LogP contribution in [0.5, 0.6) is 17.4 Å². The normalized spacial score (nSPS) is 14.3. The van der Waals surface area contributed by atoms with Crippen LogP contribution in [-0.2, 0) is 11.2 Å². The Morgan fingerprint density at radius 3 is 2.55 bits per heavy atom. The maximum atomic E-state index is 15.4. The fourth-order valence-electron chi connectivity index (χ4n) is 5.45. The first-order valence-electron chi connectivity index (χ1n) is 15.3. The maximum absolute atomic E-state index is 15.4. The monoisotopic (exact) mass is 639 g/mol. The van der Waals surface area contributed by atoms with Crippen LogP contribution < -0.4 is 20.3 Å². The summed E-state index contributed by atoms with van der Waals surface area (Å²) in [5, 5.41) is 14.6. The van der Waals surface area contributed by atoms with E-state index in [1.54, 1.807) is 31.3 Å². The van der Waals surface area contributed by atoms with Crippen molar-refractivity contribution in [2.45, 2.75) is 45.3 Å². The number of fused-ring (bicyclic) bond motifs is 1. The van der Waals surface area contributed by atoms with Crippen molar-refractivity contribution in [3.63, 3.8) is 0 Å². The predicted octanol–water partition coefficient (Wildman–Crippen LogP) is 4.15. The highest BCUT2D eigenvalue weighted by atomic mass is 19.1. The number of likely N-dealkylation sites (tertiary alicyclic amines) is 1. The summed E-state index contributed by atoms with van der Waals surface area (Å²) in [6.45, 7) is 4.88. The van der Waals surface area contributed by atoms with E-state index in [0.29, 0.717) is 48.2 Å². The highest BCUT2D eigenvalue weighted by Gasteiger charge is 2.28. The van der Waals surface area contributed by atoms with Crippen LogP contribution in [0.25, 0.3) is 16.7 Å². The highest BCUT2D eigenvalue weighted by molar-refractivity contribution is 5.97. The molecule has 1 aliphatic rings. The number of carbonyl (C=O) groups excluding carboxylic acids is 2. The van der Waals surface area contributed by atoms with Gasteiger partial charge in [-0.2, -0.15) is 9.78 Å². The lowest BCUT2D eigenvalue weighted by Gasteiger charge is -2.33. The number of halogens is 1. The molecular weight excluding hydrogens is 605 g/mol. The van der Waals surface area contributed by atoms with Crippen molar-refractivity contribution in [3.05, 3.63) is 99.9 Å². The van der Waals surface area contributed by atoms with Crippen LogP contribution in [0.2, 0.25) is 0 Å². The van der Waals surface area contributed by atoms with E-state index in [-0.39, 0.29) is 47.4 Å². The Labute approximate surface area is 269 Å². The number of nitrogens with one attached hydrogen (secondary N) is 2. The Morgan fingerprint density at radius 2 is 1.83 bits per heavy atom. The van der Waals surface area contributed by atoms with E-state index >= 15 is 4.39 Å². The Bertz CT molecular complexity index is 1980. The summed E-state index contributed by atoms with van der Waals surface area (Å²) in [6, 6.07) is 14.1. The molecule has 2 N–H and O–H groups in total. The number of Topliss-reactive ketones (excluding diaryl/α,β-unsaturated/α-hetero) is 1. The fraction of sp³-hybridized carbons (Fsp3) is 0.294. The van der Waals surface area contributed by atoms with Crippen LogP contribution >= 0.6 is 0 Å². The zero-order valence-electron chi connectivity index (χ0n) is 26.2. The number of aromatic nitrogens is 5. The van der Waals surface area contributed by atoms with Crippen molar-refractivity contribution in [2.75, 3.05) is 20.1 Å². The van der Waals surface area contributed by atoms with Crippen molar-refractivity contribution >= 4 is 22.7 Å². The summed E-state index contributed by atoms with van der Waals surface area (Å²) in [7, 11) is 1.76. The molecule has 3 aromatic heterocycles. The predicted molar refractivity (Wildman–Crippen MR) is 172 cm³/mol. The number of piperidine rings is 1. The van der Waals surface area contributed by atoms with Crippen LogP contribution in [0.4, 0.5) is 4.39 Å². The number of hydrogen-bond donors (Lipinski definition) is 2. The van der Waals surface area contributed by atoms with Gasteiger partial charge in [0.25, 0.3) is 5.56 Å². The number of aromatic amines is 1. The van der Waals surface area contributed by atoms with Gasteiger partial charge in [-0.25, -0.2) is 9.37 Å². The molecule has 1 atom stereocenters. The van der Waals surface area contributed by atoms with Gasteiger partial charge in [0.2, 0.25) is 11.8 Å². The lowest BCUT2D eigenvalue weighted by Crippen LogP contribution is -2.48. The molecule has 0 aliphatic carbocycles. The molecular formula is C34H34FN7O5. The van der Waals surface area contributed by atoms with E-state index in [2.05, 4.69) is 25.6 Å². The molecule has 0 saturated carbocycles. The number of pyridine rings is 1. The van der Waals surface area contributed by atoms with Crippen LogP contribution in [-0.4, -0.2) is 73.8 Å². The minimum absolute atomic E-state index is 0.0437. The summed E-state index contributed by atoms with van der Waals surface area (Å²) < 4.78 is 28.7. The molecule has 13 heteroatoms. The smallest absolute Gasteiger partial charge is 0.282 e. The number of hydrogen-bond acceptors (Lipinski definition) is 9. The second kappa shape index (κ2) is 13.5. The Morgan fingerprint density at radius 1 is 1.06 bits per heavy atom. The lowest BCUT2D eigenvalue weighted by molar-refractivity contribution is -0.134. The lowest BCUT2D eigenvalue weighted by atomic mass is 10.0. The zero-order valence-corrected chi connectivity index (χ0v) is 26.2. The fourth-order valence-corrected chi connectivity index (χ4v) is 5.45. The molecule has 0 bridgehead atoms. The number of likely N-dealkylation sites (N-methyl/N-ethyl adjacent to an activating group) is 1. The first-order chi connectivity index (χ1) is 22.7. The number of amides is 1. The molecule has 242 valence electrons. The maximum Gasteiger partial charge on any atom is 0.282 e. The number of carbonyl (C=O) groups is 2. The van der Waals surface area contributed by atoms with Gasteiger partial charge in [-0.15, -0.1) is 5.10 Å². The number of H-pyrrole nitrogens is 1. The number of ketones is 1. The van der Waals surface area contributed by atoms with Crippen LogP contribution in [0.1, 0.15) is 41.3 Å². The molecule has 0 spiro atoms. The third-order valence-electron chi connectivity index (χ3n) is 8.23. The molecule has 0 radical (unpaired) electrons. The van der Waals surface area contributed by atoms with E-state index in [1.807, 2.05) is 30.9 Å². The summed E-state index contributed by atoms with van der Waals surface area (Å²) in [4.78, 5) is 44.8. The first kappa shape index (κ1) is 31.5. The van der Waals surface area contributed by atoms with E-state index in [1.165, 1.54) is 35.3 Å². The summed E-state index contributed by atoms with van der Waals surface area (Å²) in [5.41, 5.74) is 1.75.